The van der Waals surface area contributed by atoms with Gasteiger partial charge in [0.2, 0.25) is 10.0 Å². The number of fused-ring (bicyclic) bond motifs is 3. The monoisotopic (exact) mass is 352 g/mol. The summed E-state index contributed by atoms with van der Waals surface area (Å²) >= 11 is 0. The van der Waals surface area contributed by atoms with Crippen molar-refractivity contribution in [3.63, 3.8) is 0 Å². The molecule has 0 saturated heterocycles. The molecule has 0 aliphatic carbocycles. The fourth-order valence-corrected chi connectivity index (χ4v) is 5.17. The van der Waals surface area contributed by atoms with Crippen molar-refractivity contribution in [2.45, 2.75) is 24.3 Å². The minimum absolute atomic E-state index is 0.324. The summed E-state index contributed by atoms with van der Waals surface area (Å²) in [6.45, 7) is 6.29. The van der Waals surface area contributed by atoms with Gasteiger partial charge in [-0.15, -0.1) is 6.58 Å². The smallest absolute Gasteiger partial charge is 0.243 e. The van der Waals surface area contributed by atoms with Crippen LogP contribution in [-0.4, -0.2) is 24.3 Å². The topological polar surface area (TPSA) is 53.2 Å². The van der Waals surface area contributed by atoms with Gasteiger partial charge in [0, 0.05) is 23.1 Å². The maximum atomic E-state index is 13.2. The molecule has 4 rings (SSSR count). The molecule has 1 aliphatic heterocycles. The number of benzene rings is 2. The number of aryl methyl sites for hydroxylation is 1. The van der Waals surface area contributed by atoms with E-state index in [0.717, 1.165) is 22.2 Å². The Balaban J connectivity index is 1.82. The standard InChI is InChI=1S/C20H20N2O2S/c1-3-19-20-17(16-6-4-5-7-18(16)21-20)12-13-22(19)25(23,24)15-10-8-14(2)9-11-15/h3-11,19,21H,1,12-13H2,2H3. The minimum Gasteiger partial charge on any atom is -0.357 e. The van der Waals surface area contributed by atoms with Crippen molar-refractivity contribution >= 4 is 20.9 Å². The number of H-pyrrole nitrogens is 1. The van der Waals surface area contributed by atoms with Gasteiger partial charge in [0.25, 0.3) is 0 Å². The Bertz CT molecular complexity index is 1050. The predicted molar refractivity (Wildman–Crippen MR) is 100 cm³/mol. The lowest BCUT2D eigenvalue weighted by Crippen LogP contribution is -2.39. The third-order valence-electron chi connectivity index (χ3n) is 4.89. The van der Waals surface area contributed by atoms with Crippen LogP contribution in [0.5, 0.6) is 0 Å². The van der Waals surface area contributed by atoms with Crippen LogP contribution in [-0.2, 0) is 16.4 Å². The summed E-state index contributed by atoms with van der Waals surface area (Å²) in [6.07, 6.45) is 2.40. The molecule has 0 radical (unpaired) electrons. The Hall–Kier alpha value is -2.37. The lowest BCUT2D eigenvalue weighted by atomic mass is 9.99. The number of hydrogen-bond acceptors (Lipinski definition) is 2. The molecule has 128 valence electrons. The fourth-order valence-electron chi connectivity index (χ4n) is 3.60. The average molecular weight is 352 g/mol. The van der Waals surface area contributed by atoms with E-state index in [2.05, 4.69) is 17.6 Å². The number of para-hydroxylation sites is 1. The largest absolute Gasteiger partial charge is 0.357 e. The molecule has 0 bridgehead atoms. The summed E-state index contributed by atoms with van der Waals surface area (Å²) in [5.41, 5.74) is 4.19. The Morgan fingerprint density at radius 3 is 2.60 bits per heavy atom. The van der Waals surface area contributed by atoms with E-state index >= 15 is 0 Å². The first kappa shape index (κ1) is 16.1. The van der Waals surface area contributed by atoms with Crippen LogP contribution in [0.1, 0.15) is 22.9 Å². The van der Waals surface area contributed by atoms with Gasteiger partial charge < -0.3 is 4.98 Å². The first-order valence-corrected chi connectivity index (χ1v) is 9.77. The zero-order valence-corrected chi connectivity index (χ0v) is 14.9. The highest BCUT2D eigenvalue weighted by Gasteiger charge is 2.36. The Labute approximate surface area is 147 Å². The van der Waals surface area contributed by atoms with Crippen LogP contribution >= 0.6 is 0 Å². The fraction of sp³-hybridized carbons (Fsp3) is 0.200. The van der Waals surface area contributed by atoms with E-state index in [9.17, 15) is 8.42 Å². The van der Waals surface area contributed by atoms with Gasteiger partial charge in [0.1, 0.15) is 0 Å². The van der Waals surface area contributed by atoms with E-state index in [4.69, 9.17) is 0 Å². The average Bonchev–Trinajstić information content (AvgIpc) is 3.00. The summed E-state index contributed by atoms with van der Waals surface area (Å²) in [6, 6.07) is 14.7. The molecular weight excluding hydrogens is 332 g/mol. The zero-order chi connectivity index (χ0) is 17.6. The molecule has 0 saturated carbocycles. The van der Waals surface area contributed by atoms with Crippen LogP contribution in [0, 0.1) is 6.92 Å². The summed E-state index contributed by atoms with van der Waals surface area (Å²) in [7, 11) is -3.58. The van der Waals surface area contributed by atoms with Gasteiger partial charge in [0.15, 0.2) is 0 Å². The second-order valence-electron chi connectivity index (χ2n) is 6.42. The first-order valence-electron chi connectivity index (χ1n) is 8.33. The molecule has 0 fully saturated rings. The van der Waals surface area contributed by atoms with Crippen molar-refractivity contribution < 1.29 is 8.42 Å². The SMILES string of the molecule is C=CC1c2[nH]c3ccccc3c2CCN1S(=O)(=O)c1ccc(C)cc1. The highest BCUT2D eigenvalue weighted by Crippen LogP contribution is 2.37. The van der Waals surface area contributed by atoms with Crippen LogP contribution in [0.4, 0.5) is 0 Å². The van der Waals surface area contributed by atoms with Gasteiger partial charge in [-0.3, -0.25) is 0 Å². The van der Waals surface area contributed by atoms with Gasteiger partial charge in [0.05, 0.1) is 10.9 Å². The maximum absolute atomic E-state index is 13.2. The summed E-state index contributed by atoms with van der Waals surface area (Å²) in [5, 5.41) is 1.16. The number of hydrogen-bond donors (Lipinski definition) is 1. The summed E-state index contributed by atoms with van der Waals surface area (Å²) < 4.78 is 27.9. The lowest BCUT2D eigenvalue weighted by molar-refractivity contribution is 0.348. The molecule has 1 atom stereocenters. The summed E-state index contributed by atoms with van der Waals surface area (Å²) in [4.78, 5) is 3.73. The van der Waals surface area contributed by atoms with Crippen LogP contribution < -0.4 is 0 Å². The molecule has 1 N–H and O–H groups in total. The van der Waals surface area contributed by atoms with Gasteiger partial charge in [-0.05, 0) is 37.1 Å². The second-order valence-corrected chi connectivity index (χ2v) is 8.31. The van der Waals surface area contributed by atoms with E-state index < -0.39 is 10.0 Å². The first-order chi connectivity index (χ1) is 12.0. The highest BCUT2D eigenvalue weighted by atomic mass is 32.2. The molecule has 1 aromatic heterocycles. The number of aromatic amines is 1. The molecule has 25 heavy (non-hydrogen) atoms. The molecule has 1 aliphatic rings. The number of nitrogens with one attached hydrogen (secondary N) is 1. The third-order valence-corrected chi connectivity index (χ3v) is 6.78. The third kappa shape index (κ3) is 2.51. The van der Waals surface area contributed by atoms with Crippen molar-refractivity contribution in [1.82, 2.24) is 9.29 Å². The van der Waals surface area contributed by atoms with E-state index in [1.807, 2.05) is 37.3 Å². The Morgan fingerprint density at radius 2 is 1.88 bits per heavy atom. The quantitative estimate of drug-likeness (QED) is 0.726. The number of rotatable bonds is 3. The molecular formula is C20H20N2O2S. The van der Waals surface area contributed by atoms with Crippen LogP contribution in [0.3, 0.4) is 0 Å². The van der Waals surface area contributed by atoms with Gasteiger partial charge in [-0.2, -0.15) is 4.31 Å². The van der Waals surface area contributed by atoms with Gasteiger partial charge in [-0.25, -0.2) is 8.42 Å². The molecule has 0 amide bonds. The van der Waals surface area contributed by atoms with E-state index in [-0.39, 0.29) is 6.04 Å². The van der Waals surface area contributed by atoms with Crippen molar-refractivity contribution in [2.75, 3.05) is 6.54 Å². The van der Waals surface area contributed by atoms with Crippen LogP contribution in [0.25, 0.3) is 10.9 Å². The lowest BCUT2D eigenvalue weighted by Gasteiger charge is -2.33. The molecule has 1 unspecified atom stereocenters. The molecule has 4 nitrogen and oxygen atoms in total. The summed E-state index contributed by atoms with van der Waals surface area (Å²) in [5.74, 6) is 0. The minimum atomic E-state index is -3.58. The van der Waals surface area contributed by atoms with E-state index in [1.165, 1.54) is 5.56 Å². The number of aromatic nitrogens is 1. The van der Waals surface area contributed by atoms with Crippen LogP contribution in [0.15, 0.2) is 66.1 Å². The molecule has 5 heteroatoms. The predicted octanol–water partition coefficient (Wildman–Crippen LogP) is 3.95. The zero-order valence-electron chi connectivity index (χ0n) is 14.1. The maximum Gasteiger partial charge on any atom is 0.243 e. The Kier molecular flexibility index (Phi) is 3.78. The van der Waals surface area contributed by atoms with E-state index in [1.54, 1.807) is 22.5 Å². The number of nitrogens with zero attached hydrogens (tertiary/aromatic N) is 1. The van der Waals surface area contributed by atoms with Gasteiger partial charge in [-0.1, -0.05) is 42.0 Å². The van der Waals surface area contributed by atoms with Crippen molar-refractivity contribution in [3.05, 3.63) is 78.0 Å². The molecule has 2 aromatic carbocycles. The van der Waals surface area contributed by atoms with Gasteiger partial charge >= 0.3 is 0 Å². The van der Waals surface area contributed by atoms with Crippen LogP contribution in [0.2, 0.25) is 0 Å². The number of sulfonamides is 1. The van der Waals surface area contributed by atoms with E-state index in [0.29, 0.717) is 17.9 Å². The second kappa shape index (κ2) is 5.86. The normalized spacial score (nSPS) is 18.2. The van der Waals surface area contributed by atoms with Crippen molar-refractivity contribution in [1.29, 1.82) is 0 Å². The highest BCUT2D eigenvalue weighted by molar-refractivity contribution is 7.89. The Morgan fingerprint density at radius 1 is 1.16 bits per heavy atom. The van der Waals surface area contributed by atoms with Crippen molar-refractivity contribution in [2.24, 2.45) is 0 Å². The van der Waals surface area contributed by atoms with Crippen molar-refractivity contribution in [3.8, 4) is 0 Å². The molecule has 2 heterocycles. The molecule has 0 spiro atoms. The molecule has 3 aromatic rings.